The smallest absolute Gasteiger partial charge is 0.185 e. The molecule has 0 amide bonds. The van der Waals surface area contributed by atoms with E-state index in [0.29, 0.717) is 5.92 Å². The average molecular weight is 302 g/mol. The third kappa shape index (κ3) is 3.63. The lowest BCUT2D eigenvalue weighted by Gasteiger charge is -2.34. The van der Waals surface area contributed by atoms with Crippen molar-refractivity contribution < 1.29 is 5.11 Å². The molecular weight excluding hydrogens is 280 g/mol. The molecule has 4 heteroatoms. The van der Waals surface area contributed by atoms with Crippen LogP contribution >= 0.6 is 11.3 Å². The van der Waals surface area contributed by atoms with Crippen molar-refractivity contribution in [2.75, 3.05) is 18.0 Å². The molecule has 0 radical (unpaired) electrons. The van der Waals surface area contributed by atoms with Crippen molar-refractivity contribution in [1.29, 1.82) is 0 Å². The molecule has 1 aliphatic heterocycles. The second kappa shape index (κ2) is 6.58. The van der Waals surface area contributed by atoms with Gasteiger partial charge in [0.25, 0.3) is 0 Å². The molecule has 1 atom stereocenters. The van der Waals surface area contributed by atoms with E-state index in [-0.39, 0.29) is 6.10 Å². The summed E-state index contributed by atoms with van der Waals surface area (Å²) in [5, 5.41) is 13.7. The number of nitrogens with zero attached hydrogens (tertiary/aromatic N) is 2. The number of aliphatic hydroxyl groups is 1. The summed E-state index contributed by atoms with van der Waals surface area (Å²) in [7, 11) is 0. The summed E-state index contributed by atoms with van der Waals surface area (Å²) in [6.07, 6.45) is 2.63. The summed E-state index contributed by atoms with van der Waals surface area (Å²) < 4.78 is 0. The summed E-state index contributed by atoms with van der Waals surface area (Å²) in [5.74, 6) is 0.405. The van der Waals surface area contributed by atoms with Gasteiger partial charge in [-0.05, 0) is 37.7 Å². The first kappa shape index (κ1) is 14.5. The summed E-state index contributed by atoms with van der Waals surface area (Å²) in [6, 6.07) is 10.3. The quantitative estimate of drug-likeness (QED) is 0.941. The van der Waals surface area contributed by atoms with E-state index in [1.165, 1.54) is 5.56 Å². The molecule has 112 valence electrons. The van der Waals surface area contributed by atoms with Crippen LogP contribution in [0.4, 0.5) is 5.13 Å². The number of anilines is 1. The Morgan fingerprint density at radius 2 is 2.00 bits per heavy atom. The van der Waals surface area contributed by atoms with Crippen molar-refractivity contribution >= 4 is 16.5 Å². The van der Waals surface area contributed by atoms with Crippen molar-refractivity contribution in [3.05, 3.63) is 47.0 Å². The van der Waals surface area contributed by atoms with Crippen LogP contribution in [-0.4, -0.2) is 29.3 Å². The number of piperidine rings is 1. The Morgan fingerprint density at radius 1 is 1.29 bits per heavy atom. The number of rotatable bonds is 4. The fourth-order valence-electron chi connectivity index (χ4n) is 2.98. The lowest BCUT2D eigenvalue weighted by molar-refractivity contribution is 0.0930. The standard InChI is InChI=1S/C17H22N2OS/c1-13-12-21-17(18-13)19-9-7-15(8-10-19)16(20)11-14-5-3-2-4-6-14/h2-6,12,15-16,20H,7-11H2,1H3/t16-/m0/s1. The number of benzene rings is 1. The minimum atomic E-state index is -0.229. The maximum Gasteiger partial charge on any atom is 0.185 e. The van der Waals surface area contributed by atoms with Crippen molar-refractivity contribution in [2.45, 2.75) is 32.3 Å². The highest BCUT2D eigenvalue weighted by molar-refractivity contribution is 7.13. The van der Waals surface area contributed by atoms with Gasteiger partial charge in [-0.1, -0.05) is 30.3 Å². The van der Waals surface area contributed by atoms with E-state index in [1.54, 1.807) is 11.3 Å². The molecule has 21 heavy (non-hydrogen) atoms. The van der Waals surface area contributed by atoms with Gasteiger partial charge in [-0.3, -0.25) is 0 Å². The van der Waals surface area contributed by atoms with Crippen LogP contribution in [0.25, 0.3) is 0 Å². The van der Waals surface area contributed by atoms with Crippen LogP contribution < -0.4 is 4.90 Å². The number of aryl methyl sites for hydroxylation is 1. The summed E-state index contributed by atoms with van der Waals surface area (Å²) in [4.78, 5) is 6.90. The van der Waals surface area contributed by atoms with Gasteiger partial charge in [0.05, 0.1) is 11.8 Å². The summed E-state index contributed by atoms with van der Waals surface area (Å²) >= 11 is 1.72. The highest BCUT2D eigenvalue weighted by atomic mass is 32.1. The van der Waals surface area contributed by atoms with Gasteiger partial charge in [-0.15, -0.1) is 11.3 Å². The second-order valence-electron chi connectivity index (χ2n) is 5.85. The van der Waals surface area contributed by atoms with Crippen LogP contribution in [0, 0.1) is 12.8 Å². The Balaban J connectivity index is 1.53. The van der Waals surface area contributed by atoms with E-state index in [1.807, 2.05) is 25.1 Å². The third-order valence-electron chi connectivity index (χ3n) is 4.25. The molecule has 1 N–H and O–H groups in total. The molecule has 0 saturated carbocycles. The fourth-order valence-corrected chi connectivity index (χ4v) is 3.84. The number of hydrogen-bond donors (Lipinski definition) is 1. The number of aromatic nitrogens is 1. The fraction of sp³-hybridized carbons (Fsp3) is 0.471. The topological polar surface area (TPSA) is 36.4 Å². The monoisotopic (exact) mass is 302 g/mol. The van der Waals surface area contributed by atoms with Crippen LogP contribution in [-0.2, 0) is 6.42 Å². The van der Waals surface area contributed by atoms with Gasteiger partial charge in [-0.2, -0.15) is 0 Å². The van der Waals surface area contributed by atoms with E-state index in [9.17, 15) is 5.11 Å². The van der Waals surface area contributed by atoms with Crippen molar-refractivity contribution in [3.8, 4) is 0 Å². The zero-order chi connectivity index (χ0) is 14.7. The van der Waals surface area contributed by atoms with Gasteiger partial charge in [0.2, 0.25) is 0 Å². The van der Waals surface area contributed by atoms with Gasteiger partial charge in [-0.25, -0.2) is 4.98 Å². The molecule has 2 heterocycles. The highest BCUT2D eigenvalue weighted by Crippen LogP contribution is 2.28. The minimum Gasteiger partial charge on any atom is -0.392 e. The predicted octanol–water partition coefficient (Wildman–Crippen LogP) is 3.27. The zero-order valence-electron chi connectivity index (χ0n) is 12.4. The van der Waals surface area contributed by atoms with Crippen LogP contribution in [0.2, 0.25) is 0 Å². The maximum absolute atomic E-state index is 10.5. The first-order valence-corrected chi connectivity index (χ1v) is 8.49. The molecule has 2 aromatic rings. The Labute approximate surface area is 130 Å². The lowest BCUT2D eigenvalue weighted by atomic mass is 9.88. The van der Waals surface area contributed by atoms with E-state index in [2.05, 4.69) is 27.4 Å². The molecule has 1 aromatic carbocycles. The van der Waals surface area contributed by atoms with Gasteiger partial charge in [0, 0.05) is 18.5 Å². The molecule has 1 fully saturated rings. The first-order valence-electron chi connectivity index (χ1n) is 7.61. The Hall–Kier alpha value is -1.39. The van der Waals surface area contributed by atoms with Crippen LogP contribution in [0.1, 0.15) is 24.1 Å². The zero-order valence-corrected chi connectivity index (χ0v) is 13.2. The normalized spacial score (nSPS) is 17.9. The highest BCUT2D eigenvalue weighted by Gasteiger charge is 2.26. The van der Waals surface area contributed by atoms with Gasteiger partial charge < -0.3 is 10.0 Å². The van der Waals surface area contributed by atoms with E-state index < -0.39 is 0 Å². The summed E-state index contributed by atoms with van der Waals surface area (Å²) in [5.41, 5.74) is 2.32. The van der Waals surface area contributed by atoms with Crippen LogP contribution in [0.15, 0.2) is 35.7 Å². The Kier molecular flexibility index (Phi) is 4.56. The maximum atomic E-state index is 10.5. The van der Waals surface area contributed by atoms with Crippen molar-refractivity contribution in [1.82, 2.24) is 4.98 Å². The molecule has 3 nitrogen and oxygen atoms in total. The number of thiazole rings is 1. The molecule has 0 bridgehead atoms. The second-order valence-corrected chi connectivity index (χ2v) is 6.69. The van der Waals surface area contributed by atoms with Gasteiger partial charge in [0.1, 0.15) is 0 Å². The SMILES string of the molecule is Cc1csc(N2CCC([C@@H](O)Cc3ccccc3)CC2)n1. The minimum absolute atomic E-state index is 0.229. The molecule has 0 aliphatic carbocycles. The molecule has 1 saturated heterocycles. The average Bonchev–Trinajstić information content (AvgIpc) is 2.95. The van der Waals surface area contributed by atoms with Crippen molar-refractivity contribution in [3.63, 3.8) is 0 Å². The number of hydrogen-bond acceptors (Lipinski definition) is 4. The van der Waals surface area contributed by atoms with Gasteiger partial charge >= 0.3 is 0 Å². The van der Waals surface area contributed by atoms with E-state index >= 15 is 0 Å². The van der Waals surface area contributed by atoms with E-state index in [4.69, 9.17) is 0 Å². The molecule has 3 rings (SSSR count). The Morgan fingerprint density at radius 3 is 2.62 bits per heavy atom. The summed E-state index contributed by atoms with van der Waals surface area (Å²) in [6.45, 7) is 4.04. The Bertz CT molecular complexity index is 561. The van der Waals surface area contributed by atoms with Crippen LogP contribution in [0.3, 0.4) is 0 Å². The van der Waals surface area contributed by atoms with Crippen molar-refractivity contribution in [2.24, 2.45) is 5.92 Å². The third-order valence-corrected chi connectivity index (χ3v) is 5.27. The first-order chi connectivity index (χ1) is 10.2. The number of aliphatic hydroxyl groups excluding tert-OH is 1. The predicted molar refractivity (Wildman–Crippen MR) is 87.9 cm³/mol. The molecule has 0 spiro atoms. The largest absolute Gasteiger partial charge is 0.392 e. The molecule has 1 aliphatic rings. The molecule has 0 unspecified atom stereocenters. The van der Waals surface area contributed by atoms with E-state index in [0.717, 1.165) is 43.2 Å². The molecular formula is C17H22N2OS. The van der Waals surface area contributed by atoms with Gasteiger partial charge in [0.15, 0.2) is 5.13 Å². The van der Waals surface area contributed by atoms with Crippen LogP contribution in [0.5, 0.6) is 0 Å². The lowest BCUT2D eigenvalue weighted by Crippen LogP contribution is -2.38. The molecule has 1 aromatic heterocycles.